The van der Waals surface area contributed by atoms with E-state index in [-0.39, 0.29) is 11.7 Å². The first-order valence-electron chi connectivity index (χ1n) is 8.28. The molecule has 0 bridgehead atoms. The van der Waals surface area contributed by atoms with Crippen molar-refractivity contribution in [2.75, 3.05) is 7.11 Å². The van der Waals surface area contributed by atoms with Crippen LogP contribution in [-0.4, -0.2) is 27.4 Å². The van der Waals surface area contributed by atoms with Crippen molar-refractivity contribution in [3.05, 3.63) is 79.5 Å². The summed E-state index contributed by atoms with van der Waals surface area (Å²) in [5.41, 5.74) is 2.54. The molecule has 4 rings (SSSR count). The molecule has 0 saturated heterocycles. The van der Waals surface area contributed by atoms with E-state index in [2.05, 4.69) is 11.7 Å². The molecule has 134 valence electrons. The molecule has 0 fully saturated rings. The standard InChI is InChI=1S/C21H16FN3O2/c1-3-20(26)24-10-9-16(13-24)25-12-15-8-7-14(11-18(15)23-25)21-17(22)5-4-6-19(21)27-2/h3-13H,1H2,2H3. The molecule has 0 spiro atoms. The molecule has 0 radical (unpaired) electrons. The molecular formula is C21H16FN3O2. The summed E-state index contributed by atoms with van der Waals surface area (Å²) in [5.74, 6) is -0.103. The molecule has 27 heavy (non-hydrogen) atoms. The van der Waals surface area contributed by atoms with Crippen LogP contribution >= 0.6 is 0 Å². The summed E-state index contributed by atoms with van der Waals surface area (Å²) in [5, 5.41) is 5.46. The molecule has 2 aromatic heterocycles. The summed E-state index contributed by atoms with van der Waals surface area (Å²) in [6.07, 6.45) is 6.44. The lowest BCUT2D eigenvalue weighted by molar-refractivity contribution is 0.0969. The summed E-state index contributed by atoms with van der Waals surface area (Å²) >= 11 is 0. The number of fused-ring (bicyclic) bond motifs is 1. The van der Waals surface area contributed by atoms with E-state index in [1.54, 1.807) is 35.3 Å². The van der Waals surface area contributed by atoms with Crippen LogP contribution in [0.25, 0.3) is 27.7 Å². The van der Waals surface area contributed by atoms with Gasteiger partial charge in [0, 0.05) is 24.0 Å². The molecule has 0 unspecified atom stereocenters. The van der Waals surface area contributed by atoms with Crippen molar-refractivity contribution in [2.45, 2.75) is 0 Å². The predicted octanol–water partition coefficient (Wildman–Crippen LogP) is 4.47. The van der Waals surface area contributed by atoms with E-state index in [0.717, 1.165) is 11.1 Å². The summed E-state index contributed by atoms with van der Waals surface area (Å²) in [6, 6.07) is 12.1. The predicted molar refractivity (Wildman–Crippen MR) is 102 cm³/mol. The largest absolute Gasteiger partial charge is 0.496 e. The van der Waals surface area contributed by atoms with Crippen LogP contribution in [0.1, 0.15) is 4.79 Å². The first kappa shape index (κ1) is 16.8. The monoisotopic (exact) mass is 361 g/mol. The van der Waals surface area contributed by atoms with Gasteiger partial charge in [0.05, 0.1) is 23.9 Å². The lowest BCUT2D eigenvalue weighted by Gasteiger charge is -2.09. The van der Waals surface area contributed by atoms with Crippen molar-refractivity contribution in [2.24, 2.45) is 0 Å². The molecule has 4 aromatic rings. The number of hydrogen-bond donors (Lipinski definition) is 0. The molecule has 0 aliphatic rings. The Morgan fingerprint density at radius 2 is 2.07 bits per heavy atom. The Labute approximate surface area is 154 Å². The van der Waals surface area contributed by atoms with Crippen molar-refractivity contribution < 1.29 is 13.9 Å². The molecule has 5 nitrogen and oxygen atoms in total. The summed E-state index contributed by atoms with van der Waals surface area (Å²) in [7, 11) is 1.51. The minimum Gasteiger partial charge on any atom is -0.496 e. The SMILES string of the molecule is C=CC(=O)n1ccc(-n2cc3ccc(-c4c(F)cccc4OC)cc3n2)c1. The third-order valence-corrected chi connectivity index (χ3v) is 4.36. The van der Waals surface area contributed by atoms with Gasteiger partial charge in [0.1, 0.15) is 11.6 Å². The minimum atomic E-state index is -0.354. The van der Waals surface area contributed by atoms with E-state index < -0.39 is 0 Å². The quantitative estimate of drug-likeness (QED) is 0.504. The molecular weight excluding hydrogens is 345 g/mol. The minimum absolute atomic E-state index is 0.216. The smallest absolute Gasteiger partial charge is 0.254 e. The zero-order valence-corrected chi connectivity index (χ0v) is 14.6. The van der Waals surface area contributed by atoms with Gasteiger partial charge in [-0.25, -0.2) is 9.07 Å². The normalized spacial score (nSPS) is 10.9. The molecule has 0 saturated carbocycles. The van der Waals surface area contributed by atoms with Crippen molar-refractivity contribution >= 4 is 16.8 Å². The van der Waals surface area contributed by atoms with E-state index in [9.17, 15) is 9.18 Å². The maximum absolute atomic E-state index is 14.4. The van der Waals surface area contributed by atoms with Gasteiger partial charge >= 0.3 is 0 Å². The second-order valence-electron chi connectivity index (χ2n) is 5.98. The molecule has 0 N–H and O–H groups in total. The Kier molecular flexibility index (Phi) is 4.08. The van der Waals surface area contributed by atoms with Crippen molar-refractivity contribution in [1.29, 1.82) is 0 Å². The summed E-state index contributed by atoms with van der Waals surface area (Å²) in [6.45, 7) is 3.48. The van der Waals surface area contributed by atoms with Crippen molar-refractivity contribution in [1.82, 2.24) is 14.3 Å². The lowest BCUT2D eigenvalue weighted by atomic mass is 10.0. The van der Waals surface area contributed by atoms with Crippen molar-refractivity contribution in [3.63, 3.8) is 0 Å². The summed E-state index contributed by atoms with van der Waals surface area (Å²) in [4.78, 5) is 11.7. The highest BCUT2D eigenvalue weighted by atomic mass is 19.1. The van der Waals surface area contributed by atoms with Crippen LogP contribution in [0.2, 0.25) is 0 Å². The van der Waals surface area contributed by atoms with Gasteiger partial charge in [-0.05, 0) is 35.9 Å². The second kappa shape index (κ2) is 6.57. The molecule has 2 heterocycles. The molecule has 0 aliphatic heterocycles. The fraction of sp³-hybridized carbons (Fsp3) is 0.0476. The highest BCUT2D eigenvalue weighted by Gasteiger charge is 2.13. The van der Waals surface area contributed by atoms with E-state index >= 15 is 0 Å². The zero-order chi connectivity index (χ0) is 19.0. The lowest BCUT2D eigenvalue weighted by Crippen LogP contribution is -2.03. The van der Waals surface area contributed by atoms with E-state index in [1.165, 1.54) is 23.8 Å². The number of ether oxygens (including phenoxy) is 1. The Hall–Kier alpha value is -3.67. The maximum Gasteiger partial charge on any atom is 0.254 e. The van der Waals surface area contributed by atoms with E-state index in [1.807, 2.05) is 24.4 Å². The highest BCUT2D eigenvalue weighted by Crippen LogP contribution is 2.34. The first-order chi connectivity index (χ1) is 13.1. The van der Waals surface area contributed by atoms with Crippen LogP contribution in [0.4, 0.5) is 4.39 Å². The van der Waals surface area contributed by atoms with Gasteiger partial charge in [0.2, 0.25) is 0 Å². The van der Waals surface area contributed by atoms with Crippen LogP contribution in [0.5, 0.6) is 5.75 Å². The Morgan fingerprint density at radius 1 is 1.22 bits per heavy atom. The number of hydrogen-bond acceptors (Lipinski definition) is 3. The van der Waals surface area contributed by atoms with Gasteiger partial charge in [-0.2, -0.15) is 5.10 Å². The van der Waals surface area contributed by atoms with Crippen molar-refractivity contribution in [3.8, 4) is 22.6 Å². The van der Waals surface area contributed by atoms with Crippen LogP contribution in [-0.2, 0) is 0 Å². The Balaban J connectivity index is 1.78. The fourth-order valence-corrected chi connectivity index (χ4v) is 3.02. The van der Waals surface area contributed by atoms with Gasteiger partial charge < -0.3 is 4.74 Å². The van der Waals surface area contributed by atoms with Crippen LogP contribution in [0, 0.1) is 5.82 Å². The van der Waals surface area contributed by atoms with E-state index in [0.29, 0.717) is 22.4 Å². The van der Waals surface area contributed by atoms with Crippen LogP contribution in [0.3, 0.4) is 0 Å². The second-order valence-corrected chi connectivity index (χ2v) is 5.98. The number of methoxy groups -OCH3 is 1. The average Bonchev–Trinajstić information content (AvgIpc) is 3.33. The summed E-state index contributed by atoms with van der Waals surface area (Å²) < 4.78 is 22.8. The van der Waals surface area contributed by atoms with Gasteiger partial charge in [0.15, 0.2) is 0 Å². The molecule has 2 aromatic carbocycles. The number of carbonyl (C=O) groups is 1. The number of allylic oxidation sites excluding steroid dienone is 1. The average molecular weight is 361 g/mol. The molecule has 0 aliphatic carbocycles. The maximum atomic E-state index is 14.4. The molecule has 6 heteroatoms. The number of benzene rings is 2. The van der Waals surface area contributed by atoms with Crippen LogP contribution < -0.4 is 4.74 Å². The highest BCUT2D eigenvalue weighted by molar-refractivity contribution is 5.89. The Morgan fingerprint density at radius 3 is 2.85 bits per heavy atom. The number of nitrogens with zero attached hydrogens (tertiary/aromatic N) is 3. The number of aromatic nitrogens is 3. The van der Waals surface area contributed by atoms with Gasteiger partial charge in [-0.15, -0.1) is 0 Å². The first-order valence-corrected chi connectivity index (χ1v) is 8.28. The van der Waals surface area contributed by atoms with Gasteiger partial charge in [-0.1, -0.05) is 24.8 Å². The molecule has 0 amide bonds. The zero-order valence-electron chi connectivity index (χ0n) is 14.6. The Bertz CT molecular complexity index is 1170. The van der Waals surface area contributed by atoms with E-state index in [4.69, 9.17) is 4.74 Å². The number of rotatable bonds is 4. The number of halogens is 1. The topological polar surface area (TPSA) is 49.0 Å². The third-order valence-electron chi connectivity index (χ3n) is 4.36. The molecule has 0 atom stereocenters. The van der Waals surface area contributed by atoms with Gasteiger partial charge in [0.25, 0.3) is 5.91 Å². The third kappa shape index (κ3) is 2.91. The van der Waals surface area contributed by atoms with Gasteiger partial charge in [-0.3, -0.25) is 9.36 Å². The fourth-order valence-electron chi connectivity index (χ4n) is 3.02. The van der Waals surface area contributed by atoms with Crippen LogP contribution in [0.15, 0.2) is 73.7 Å². The number of carbonyl (C=O) groups excluding carboxylic acids is 1.